The van der Waals surface area contributed by atoms with Gasteiger partial charge in [-0.2, -0.15) is 0 Å². The highest BCUT2D eigenvalue weighted by molar-refractivity contribution is 7.12. The van der Waals surface area contributed by atoms with E-state index >= 15 is 0 Å². The minimum absolute atomic E-state index is 0.195. The van der Waals surface area contributed by atoms with Crippen molar-refractivity contribution in [3.63, 3.8) is 0 Å². The molecule has 0 unspecified atom stereocenters. The number of aryl methyl sites for hydroxylation is 1. The molecule has 1 aliphatic carbocycles. The molecule has 0 aliphatic heterocycles. The maximum atomic E-state index is 12.8. The fourth-order valence-corrected chi connectivity index (χ4v) is 2.91. The van der Waals surface area contributed by atoms with Gasteiger partial charge in [-0.05, 0) is 44.0 Å². The van der Waals surface area contributed by atoms with Crippen molar-refractivity contribution in [2.75, 3.05) is 0 Å². The fraction of sp³-hybridized carbons (Fsp3) is 0.308. The zero-order valence-corrected chi connectivity index (χ0v) is 9.85. The SMILES string of the molecule is Cc1sc(C2CC2)nc1-c1ccc(F)cc1. The fourth-order valence-electron chi connectivity index (χ4n) is 1.80. The third-order valence-electron chi connectivity index (χ3n) is 2.86. The van der Waals surface area contributed by atoms with E-state index in [-0.39, 0.29) is 5.82 Å². The second-order valence-electron chi connectivity index (χ2n) is 4.24. The summed E-state index contributed by atoms with van der Waals surface area (Å²) in [5.74, 6) is 0.497. The molecular formula is C13H12FNS. The number of hydrogen-bond acceptors (Lipinski definition) is 2. The normalized spacial score (nSPS) is 15.4. The van der Waals surface area contributed by atoms with E-state index in [2.05, 4.69) is 11.9 Å². The molecule has 0 amide bonds. The van der Waals surface area contributed by atoms with Crippen molar-refractivity contribution in [3.8, 4) is 11.3 Å². The number of halogens is 1. The highest BCUT2D eigenvalue weighted by Gasteiger charge is 2.27. The molecule has 1 saturated carbocycles. The molecule has 82 valence electrons. The third-order valence-corrected chi connectivity index (χ3v) is 3.99. The van der Waals surface area contributed by atoms with E-state index in [9.17, 15) is 4.39 Å². The van der Waals surface area contributed by atoms with E-state index in [1.807, 2.05) is 0 Å². The largest absolute Gasteiger partial charge is 0.241 e. The standard InChI is InChI=1S/C13H12FNS/c1-8-12(9-4-6-11(14)7-5-9)15-13(16-8)10-2-3-10/h4-7,10H,2-3H2,1H3. The van der Waals surface area contributed by atoms with Gasteiger partial charge in [0, 0.05) is 16.4 Å². The van der Waals surface area contributed by atoms with Gasteiger partial charge in [-0.3, -0.25) is 0 Å². The Morgan fingerprint density at radius 2 is 1.94 bits per heavy atom. The van der Waals surface area contributed by atoms with Crippen LogP contribution in [0.25, 0.3) is 11.3 Å². The van der Waals surface area contributed by atoms with Crippen LogP contribution in [0.2, 0.25) is 0 Å². The van der Waals surface area contributed by atoms with Crippen molar-refractivity contribution in [2.45, 2.75) is 25.7 Å². The van der Waals surface area contributed by atoms with Gasteiger partial charge in [0.15, 0.2) is 0 Å². The topological polar surface area (TPSA) is 12.9 Å². The maximum absolute atomic E-state index is 12.8. The number of hydrogen-bond donors (Lipinski definition) is 0. The van der Waals surface area contributed by atoms with Crippen molar-refractivity contribution >= 4 is 11.3 Å². The molecule has 0 atom stereocenters. The molecule has 1 aromatic heterocycles. The summed E-state index contributed by atoms with van der Waals surface area (Å²) in [6, 6.07) is 6.58. The second-order valence-corrected chi connectivity index (χ2v) is 5.47. The van der Waals surface area contributed by atoms with Crippen LogP contribution in [0.15, 0.2) is 24.3 Å². The summed E-state index contributed by atoms with van der Waals surface area (Å²) in [4.78, 5) is 5.90. The first-order valence-electron chi connectivity index (χ1n) is 5.47. The Kier molecular flexibility index (Phi) is 2.28. The molecule has 0 N–H and O–H groups in total. The molecule has 1 heterocycles. The van der Waals surface area contributed by atoms with Crippen LogP contribution in [0.4, 0.5) is 4.39 Å². The molecule has 1 aromatic carbocycles. The Bertz CT molecular complexity index is 511. The van der Waals surface area contributed by atoms with Gasteiger partial charge in [-0.25, -0.2) is 9.37 Å². The number of thiazole rings is 1. The van der Waals surface area contributed by atoms with Crippen LogP contribution >= 0.6 is 11.3 Å². The van der Waals surface area contributed by atoms with Crippen molar-refractivity contribution in [1.82, 2.24) is 4.98 Å². The zero-order chi connectivity index (χ0) is 11.1. The number of aromatic nitrogens is 1. The van der Waals surface area contributed by atoms with Crippen LogP contribution in [-0.4, -0.2) is 4.98 Å². The first kappa shape index (κ1) is 9.97. The highest BCUT2D eigenvalue weighted by Crippen LogP contribution is 2.43. The second kappa shape index (κ2) is 3.67. The monoisotopic (exact) mass is 233 g/mol. The summed E-state index contributed by atoms with van der Waals surface area (Å²) in [6.45, 7) is 2.09. The number of nitrogens with zero attached hydrogens (tertiary/aromatic N) is 1. The predicted molar refractivity (Wildman–Crippen MR) is 64.2 cm³/mol. The van der Waals surface area contributed by atoms with Crippen molar-refractivity contribution < 1.29 is 4.39 Å². The lowest BCUT2D eigenvalue weighted by Crippen LogP contribution is -1.82. The first-order chi connectivity index (χ1) is 7.74. The van der Waals surface area contributed by atoms with Crippen molar-refractivity contribution in [3.05, 3.63) is 40.0 Å². The first-order valence-corrected chi connectivity index (χ1v) is 6.29. The molecule has 0 radical (unpaired) electrons. The van der Waals surface area contributed by atoms with Crippen molar-refractivity contribution in [2.24, 2.45) is 0 Å². The van der Waals surface area contributed by atoms with Crippen LogP contribution in [0.3, 0.4) is 0 Å². The summed E-state index contributed by atoms with van der Waals surface area (Å²) in [7, 11) is 0. The Morgan fingerprint density at radius 1 is 1.25 bits per heavy atom. The quantitative estimate of drug-likeness (QED) is 0.759. The summed E-state index contributed by atoms with van der Waals surface area (Å²) >= 11 is 1.78. The van der Waals surface area contributed by atoms with Gasteiger partial charge in [-0.1, -0.05) is 0 Å². The molecule has 3 heteroatoms. The molecule has 1 aliphatic rings. The average Bonchev–Trinajstić information content (AvgIpc) is 3.04. The molecule has 1 nitrogen and oxygen atoms in total. The maximum Gasteiger partial charge on any atom is 0.123 e. The number of rotatable bonds is 2. The highest BCUT2D eigenvalue weighted by atomic mass is 32.1. The predicted octanol–water partition coefficient (Wildman–Crippen LogP) is 4.14. The summed E-state index contributed by atoms with van der Waals surface area (Å²) in [5.41, 5.74) is 2.04. The molecule has 3 rings (SSSR count). The van der Waals surface area contributed by atoms with Gasteiger partial charge in [0.05, 0.1) is 10.7 Å². The number of benzene rings is 1. The van der Waals surface area contributed by atoms with Crippen LogP contribution in [-0.2, 0) is 0 Å². The van der Waals surface area contributed by atoms with Crippen LogP contribution in [0.5, 0.6) is 0 Å². The van der Waals surface area contributed by atoms with Gasteiger partial charge in [0.1, 0.15) is 5.82 Å². The van der Waals surface area contributed by atoms with E-state index < -0.39 is 0 Å². The molecule has 0 spiro atoms. The molecule has 16 heavy (non-hydrogen) atoms. The van der Waals surface area contributed by atoms with E-state index in [4.69, 9.17) is 0 Å². The zero-order valence-electron chi connectivity index (χ0n) is 9.03. The molecule has 1 fully saturated rings. The molecule has 0 saturated heterocycles. The van der Waals surface area contributed by atoms with E-state index in [0.29, 0.717) is 5.92 Å². The summed E-state index contributed by atoms with van der Waals surface area (Å²) < 4.78 is 12.8. The van der Waals surface area contributed by atoms with Crippen molar-refractivity contribution in [1.29, 1.82) is 0 Å². The van der Waals surface area contributed by atoms with Gasteiger partial charge in [-0.15, -0.1) is 11.3 Å². The van der Waals surface area contributed by atoms with E-state index in [1.54, 1.807) is 23.5 Å². The summed E-state index contributed by atoms with van der Waals surface area (Å²) in [5, 5.41) is 1.25. The van der Waals surface area contributed by atoms with Crippen LogP contribution in [0.1, 0.15) is 28.6 Å². The Labute approximate surface area is 98.0 Å². The van der Waals surface area contributed by atoms with Gasteiger partial charge in [0.25, 0.3) is 0 Å². The lowest BCUT2D eigenvalue weighted by atomic mass is 10.1. The third kappa shape index (κ3) is 1.76. The molecular weight excluding hydrogens is 221 g/mol. The molecule has 0 bridgehead atoms. The Balaban J connectivity index is 2.01. The summed E-state index contributed by atoms with van der Waals surface area (Å²) in [6.07, 6.45) is 2.55. The minimum atomic E-state index is -0.195. The lowest BCUT2D eigenvalue weighted by molar-refractivity contribution is 0.628. The molecule has 2 aromatic rings. The van der Waals surface area contributed by atoms with Gasteiger partial charge in [0.2, 0.25) is 0 Å². The van der Waals surface area contributed by atoms with E-state index in [1.165, 1.54) is 34.9 Å². The Hall–Kier alpha value is -1.22. The average molecular weight is 233 g/mol. The van der Waals surface area contributed by atoms with Gasteiger partial charge >= 0.3 is 0 Å². The van der Waals surface area contributed by atoms with Gasteiger partial charge < -0.3 is 0 Å². The van der Waals surface area contributed by atoms with Crippen LogP contribution in [0, 0.1) is 12.7 Å². The van der Waals surface area contributed by atoms with Crippen LogP contribution < -0.4 is 0 Å². The lowest BCUT2D eigenvalue weighted by Gasteiger charge is -1.97. The van der Waals surface area contributed by atoms with E-state index in [0.717, 1.165) is 11.3 Å². The minimum Gasteiger partial charge on any atom is -0.241 e. The Morgan fingerprint density at radius 3 is 2.56 bits per heavy atom. The smallest absolute Gasteiger partial charge is 0.123 e.